The first kappa shape index (κ1) is 14.1. The molecule has 0 spiro atoms. The second-order valence-corrected chi connectivity index (χ2v) is 7.05. The van der Waals surface area contributed by atoms with E-state index in [9.17, 15) is 8.42 Å². The molecular weight excluding hydrogens is 236 g/mol. The maximum absolute atomic E-state index is 11.6. The number of hydrogen-bond donors (Lipinski definition) is 1. The van der Waals surface area contributed by atoms with Gasteiger partial charge in [0.2, 0.25) is 0 Å². The third kappa shape index (κ3) is 4.44. The third-order valence-electron chi connectivity index (χ3n) is 2.76. The fourth-order valence-corrected chi connectivity index (χ4v) is 2.30. The molecule has 1 N–H and O–H groups in total. The van der Waals surface area contributed by atoms with Gasteiger partial charge < -0.3 is 5.32 Å². The number of aromatic nitrogens is 1. The molecule has 0 fully saturated rings. The highest BCUT2D eigenvalue weighted by Gasteiger charge is 2.15. The lowest BCUT2D eigenvalue weighted by Crippen LogP contribution is -2.29. The largest absolute Gasteiger partial charge is 0.309 e. The van der Waals surface area contributed by atoms with Gasteiger partial charge in [0.25, 0.3) is 0 Å². The van der Waals surface area contributed by atoms with Crippen LogP contribution in [0.25, 0.3) is 0 Å². The van der Waals surface area contributed by atoms with Crippen LogP contribution in [-0.4, -0.2) is 30.9 Å². The summed E-state index contributed by atoms with van der Waals surface area (Å²) >= 11 is 0. The molecule has 0 aliphatic heterocycles. The molecule has 1 unspecified atom stereocenters. The highest BCUT2D eigenvalue weighted by atomic mass is 32.2. The molecule has 4 nitrogen and oxygen atoms in total. The zero-order chi connectivity index (χ0) is 12.9. The van der Waals surface area contributed by atoms with Crippen molar-refractivity contribution in [3.8, 4) is 0 Å². The Morgan fingerprint density at radius 3 is 2.35 bits per heavy atom. The molecule has 0 aliphatic rings. The van der Waals surface area contributed by atoms with Gasteiger partial charge in [-0.05, 0) is 38.5 Å². The van der Waals surface area contributed by atoms with Crippen LogP contribution in [-0.2, 0) is 9.84 Å². The van der Waals surface area contributed by atoms with Gasteiger partial charge in [0.05, 0.1) is 11.0 Å². The van der Waals surface area contributed by atoms with E-state index in [4.69, 9.17) is 0 Å². The second-order valence-electron chi connectivity index (χ2n) is 4.37. The van der Waals surface area contributed by atoms with Crippen molar-refractivity contribution in [3.63, 3.8) is 0 Å². The minimum Gasteiger partial charge on any atom is -0.309 e. The Kier molecular flexibility index (Phi) is 5.08. The standard InChI is InChI=1S/C12H20N2O2S/c1-10(2)17(15,16)9-8-14-11(3)12-4-6-13-7-5-12/h4-7,10-11,14H,8-9H2,1-3H3. The summed E-state index contributed by atoms with van der Waals surface area (Å²) in [5.74, 6) is 0.181. The monoisotopic (exact) mass is 256 g/mol. The van der Waals surface area contributed by atoms with Crippen molar-refractivity contribution >= 4 is 9.84 Å². The van der Waals surface area contributed by atoms with Crippen molar-refractivity contribution < 1.29 is 8.42 Å². The predicted molar refractivity (Wildman–Crippen MR) is 69.6 cm³/mol. The van der Waals surface area contributed by atoms with Gasteiger partial charge in [-0.15, -0.1) is 0 Å². The van der Waals surface area contributed by atoms with E-state index >= 15 is 0 Å². The molecule has 1 atom stereocenters. The number of nitrogens with one attached hydrogen (secondary N) is 1. The second kappa shape index (κ2) is 6.12. The molecule has 0 saturated carbocycles. The molecule has 0 bridgehead atoms. The van der Waals surface area contributed by atoms with E-state index in [1.54, 1.807) is 26.2 Å². The Hall–Kier alpha value is -0.940. The summed E-state index contributed by atoms with van der Waals surface area (Å²) in [4.78, 5) is 3.95. The molecule has 1 heterocycles. The molecule has 1 aromatic heterocycles. The van der Waals surface area contributed by atoms with Crippen LogP contribution in [0.3, 0.4) is 0 Å². The van der Waals surface area contributed by atoms with E-state index < -0.39 is 9.84 Å². The maximum Gasteiger partial charge on any atom is 0.153 e. The Morgan fingerprint density at radius 2 is 1.82 bits per heavy atom. The number of hydrogen-bond acceptors (Lipinski definition) is 4. The van der Waals surface area contributed by atoms with Gasteiger partial charge in [-0.3, -0.25) is 4.98 Å². The summed E-state index contributed by atoms with van der Waals surface area (Å²) < 4.78 is 23.2. The van der Waals surface area contributed by atoms with E-state index in [1.165, 1.54) is 0 Å². The molecule has 1 rings (SSSR count). The molecule has 0 radical (unpaired) electrons. The van der Waals surface area contributed by atoms with E-state index in [2.05, 4.69) is 10.3 Å². The normalized spacial score (nSPS) is 13.9. The lowest BCUT2D eigenvalue weighted by Gasteiger charge is -2.14. The molecule has 0 aromatic carbocycles. The van der Waals surface area contributed by atoms with E-state index in [1.807, 2.05) is 19.1 Å². The van der Waals surface area contributed by atoms with Crippen LogP contribution >= 0.6 is 0 Å². The molecule has 1 aromatic rings. The van der Waals surface area contributed by atoms with Crippen LogP contribution in [0.2, 0.25) is 0 Å². The minimum atomic E-state index is -2.95. The summed E-state index contributed by atoms with van der Waals surface area (Å²) in [6, 6.07) is 3.99. The molecule has 0 saturated heterocycles. The first-order valence-electron chi connectivity index (χ1n) is 5.78. The molecular formula is C12H20N2O2S. The number of nitrogens with zero attached hydrogens (tertiary/aromatic N) is 1. The van der Waals surface area contributed by atoms with Gasteiger partial charge >= 0.3 is 0 Å². The third-order valence-corrected chi connectivity index (χ3v) is 4.97. The molecule has 96 valence electrons. The Labute approximate surface area is 103 Å². The highest BCUT2D eigenvalue weighted by Crippen LogP contribution is 2.09. The van der Waals surface area contributed by atoms with Crippen molar-refractivity contribution in [2.45, 2.75) is 32.1 Å². The van der Waals surface area contributed by atoms with Crippen molar-refractivity contribution in [2.24, 2.45) is 0 Å². The van der Waals surface area contributed by atoms with Crippen molar-refractivity contribution in [1.82, 2.24) is 10.3 Å². The fraction of sp³-hybridized carbons (Fsp3) is 0.583. The highest BCUT2D eigenvalue weighted by molar-refractivity contribution is 7.92. The van der Waals surface area contributed by atoms with Crippen LogP contribution in [0.15, 0.2) is 24.5 Å². The van der Waals surface area contributed by atoms with Gasteiger partial charge in [-0.2, -0.15) is 0 Å². The summed E-state index contributed by atoms with van der Waals surface area (Å²) in [7, 11) is -2.95. The number of sulfone groups is 1. The van der Waals surface area contributed by atoms with Gasteiger partial charge in [-0.1, -0.05) is 0 Å². The van der Waals surface area contributed by atoms with Gasteiger partial charge in [0, 0.05) is 25.0 Å². The van der Waals surface area contributed by atoms with E-state index in [0.717, 1.165) is 5.56 Å². The molecule has 0 aliphatic carbocycles. The predicted octanol–water partition coefficient (Wildman–Crippen LogP) is 1.56. The molecule has 5 heteroatoms. The zero-order valence-electron chi connectivity index (χ0n) is 10.6. The summed E-state index contributed by atoms with van der Waals surface area (Å²) in [6.07, 6.45) is 3.47. The van der Waals surface area contributed by atoms with Crippen molar-refractivity contribution in [1.29, 1.82) is 0 Å². The topological polar surface area (TPSA) is 59.1 Å². The Balaban J connectivity index is 2.43. The van der Waals surface area contributed by atoms with E-state index in [-0.39, 0.29) is 17.0 Å². The van der Waals surface area contributed by atoms with Crippen LogP contribution < -0.4 is 5.32 Å². The molecule has 17 heavy (non-hydrogen) atoms. The number of rotatable bonds is 6. The van der Waals surface area contributed by atoms with Crippen LogP contribution in [0.4, 0.5) is 0 Å². The van der Waals surface area contributed by atoms with Gasteiger partial charge in [0.1, 0.15) is 0 Å². The van der Waals surface area contributed by atoms with E-state index in [0.29, 0.717) is 6.54 Å². The smallest absolute Gasteiger partial charge is 0.153 e. The average Bonchev–Trinajstić information content (AvgIpc) is 2.29. The number of pyridine rings is 1. The summed E-state index contributed by atoms with van der Waals surface area (Å²) in [6.45, 7) is 5.91. The first-order valence-corrected chi connectivity index (χ1v) is 7.50. The lowest BCUT2D eigenvalue weighted by atomic mass is 10.1. The fourth-order valence-electron chi connectivity index (χ4n) is 1.42. The summed E-state index contributed by atoms with van der Waals surface area (Å²) in [5, 5.41) is 2.90. The first-order chi connectivity index (χ1) is 7.93. The van der Waals surface area contributed by atoms with Crippen molar-refractivity contribution in [3.05, 3.63) is 30.1 Å². The van der Waals surface area contributed by atoms with Gasteiger partial charge in [0.15, 0.2) is 9.84 Å². The van der Waals surface area contributed by atoms with Crippen LogP contribution in [0, 0.1) is 0 Å². The van der Waals surface area contributed by atoms with Crippen LogP contribution in [0.1, 0.15) is 32.4 Å². The average molecular weight is 256 g/mol. The maximum atomic E-state index is 11.6. The van der Waals surface area contributed by atoms with Crippen molar-refractivity contribution in [2.75, 3.05) is 12.3 Å². The lowest BCUT2D eigenvalue weighted by molar-refractivity contribution is 0.566. The Morgan fingerprint density at radius 1 is 1.24 bits per heavy atom. The Bertz CT molecular complexity index is 429. The quantitative estimate of drug-likeness (QED) is 0.839. The SMILES string of the molecule is CC(NCCS(=O)(=O)C(C)C)c1ccncc1. The van der Waals surface area contributed by atoms with Gasteiger partial charge in [-0.25, -0.2) is 8.42 Å². The van der Waals surface area contributed by atoms with Crippen LogP contribution in [0.5, 0.6) is 0 Å². The molecule has 0 amide bonds. The summed E-state index contributed by atoms with van der Waals surface area (Å²) in [5.41, 5.74) is 1.11. The zero-order valence-corrected chi connectivity index (χ0v) is 11.4. The minimum absolute atomic E-state index is 0.139.